The second-order valence-electron chi connectivity index (χ2n) is 5.02. The van der Waals surface area contributed by atoms with Crippen molar-refractivity contribution in [2.45, 2.75) is 28.5 Å². The van der Waals surface area contributed by atoms with E-state index >= 15 is 0 Å². The standard InChI is InChI=1S/C14H16N2O4S2/c1-9-3-6-12(22(16,19)20)14(7-9)21(17,18)13-8-11(15)5-4-10(13)2/h3-8H,15H2,1-2H3,(H2,16,19,20). The van der Waals surface area contributed by atoms with Gasteiger partial charge in [-0.25, -0.2) is 22.0 Å². The molecule has 22 heavy (non-hydrogen) atoms. The van der Waals surface area contributed by atoms with Crippen LogP contribution in [0.25, 0.3) is 0 Å². The molecule has 118 valence electrons. The van der Waals surface area contributed by atoms with Crippen LogP contribution in [-0.2, 0) is 19.9 Å². The Balaban J connectivity index is 2.85. The van der Waals surface area contributed by atoms with Gasteiger partial charge in [-0.1, -0.05) is 12.1 Å². The minimum Gasteiger partial charge on any atom is -0.399 e. The molecule has 4 N–H and O–H groups in total. The largest absolute Gasteiger partial charge is 0.399 e. The van der Waals surface area contributed by atoms with E-state index in [-0.39, 0.29) is 15.5 Å². The van der Waals surface area contributed by atoms with Crippen molar-refractivity contribution in [2.75, 3.05) is 5.73 Å². The maximum absolute atomic E-state index is 12.9. The lowest BCUT2D eigenvalue weighted by Gasteiger charge is -2.12. The Hall–Kier alpha value is -1.90. The summed E-state index contributed by atoms with van der Waals surface area (Å²) in [5.41, 5.74) is 6.99. The van der Waals surface area contributed by atoms with Gasteiger partial charge in [-0.15, -0.1) is 0 Å². The van der Waals surface area contributed by atoms with Crippen molar-refractivity contribution in [1.29, 1.82) is 0 Å². The van der Waals surface area contributed by atoms with Crippen LogP contribution < -0.4 is 10.9 Å². The van der Waals surface area contributed by atoms with Crippen molar-refractivity contribution in [3.63, 3.8) is 0 Å². The summed E-state index contributed by atoms with van der Waals surface area (Å²) in [7, 11) is -8.24. The number of sulfonamides is 1. The second kappa shape index (κ2) is 5.38. The Kier molecular flexibility index (Phi) is 4.03. The van der Waals surface area contributed by atoms with Gasteiger partial charge in [0, 0.05) is 5.69 Å². The lowest BCUT2D eigenvalue weighted by atomic mass is 10.2. The van der Waals surface area contributed by atoms with Gasteiger partial charge in [0.25, 0.3) is 0 Å². The first-order chi connectivity index (χ1) is 10.0. The lowest BCUT2D eigenvalue weighted by molar-refractivity contribution is 0.583. The van der Waals surface area contributed by atoms with Gasteiger partial charge in [-0.2, -0.15) is 0 Å². The minimum absolute atomic E-state index is 0.0389. The summed E-state index contributed by atoms with van der Waals surface area (Å²) in [6, 6.07) is 8.42. The molecule has 0 heterocycles. The topological polar surface area (TPSA) is 120 Å². The van der Waals surface area contributed by atoms with E-state index in [0.717, 1.165) is 0 Å². The van der Waals surface area contributed by atoms with Gasteiger partial charge < -0.3 is 5.73 Å². The molecule has 6 nitrogen and oxygen atoms in total. The van der Waals surface area contributed by atoms with E-state index < -0.39 is 24.8 Å². The van der Waals surface area contributed by atoms with Crippen molar-refractivity contribution in [2.24, 2.45) is 5.14 Å². The van der Waals surface area contributed by atoms with E-state index in [1.165, 1.54) is 24.3 Å². The molecule has 0 aliphatic heterocycles. The number of nitrogen functional groups attached to an aromatic ring is 1. The predicted octanol–water partition coefficient (Wildman–Crippen LogP) is 1.37. The molecular formula is C14H16N2O4S2. The maximum Gasteiger partial charge on any atom is 0.239 e. The average Bonchev–Trinajstić information content (AvgIpc) is 2.40. The normalized spacial score (nSPS) is 12.3. The molecule has 0 atom stereocenters. The zero-order valence-electron chi connectivity index (χ0n) is 12.1. The van der Waals surface area contributed by atoms with Crippen molar-refractivity contribution >= 4 is 25.5 Å². The van der Waals surface area contributed by atoms with Gasteiger partial charge in [0.1, 0.15) is 4.90 Å². The number of sulfone groups is 1. The van der Waals surface area contributed by atoms with E-state index in [1.54, 1.807) is 26.0 Å². The number of hydrogen-bond acceptors (Lipinski definition) is 5. The highest BCUT2D eigenvalue weighted by Gasteiger charge is 2.27. The highest BCUT2D eigenvalue weighted by atomic mass is 32.2. The number of anilines is 1. The van der Waals surface area contributed by atoms with Crippen LogP contribution in [0.2, 0.25) is 0 Å². The monoisotopic (exact) mass is 340 g/mol. The van der Waals surface area contributed by atoms with E-state index in [9.17, 15) is 16.8 Å². The van der Waals surface area contributed by atoms with Crippen LogP contribution in [0.4, 0.5) is 5.69 Å². The van der Waals surface area contributed by atoms with Gasteiger partial charge >= 0.3 is 0 Å². The van der Waals surface area contributed by atoms with Crippen LogP contribution in [0.5, 0.6) is 0 Å². The minimum atomic E-state index is -4.17. The van der Waals surface area contributed by atoms with Gasteiger partial charge in [0.2, 0.25) is 19.9 Å². The molecule has 0 spiro atoms. The van der Waals surface area contributed by atoms with E-state index in [0.29, 0.717) is 11.1 Å². The van der Waals surface area contributed by atoms with Crippen LogP contribution in [0, 0.1) is 13.8 Å². The molecule has 0 aliphatic rings. The second-order valence-corrected chi connectivity index (χ2v) is 8.44. The summed E-state index contributed by atoms with van der Waals surface area (Å²) in [4.78, 5) is -0.813. The number of rotatable bonds is 3. The van der Waals surface area contributed by atoms with Crippen LogP contribution in [0.1, 0.15) is 11.1 Å². The van der Waals surface area contributed by atoms with Crippen molar-refractivity contribution in [3.05, 3.63) is 47.5 Å². The summed E-state index contributed by atoms with van der Waals surface area (Å²) in [5, 5.41) is 5.13. The fourth-order valence-corrected chi connectivity index (χ4v) is 5.05. The van der Waals surface area contributed by atoms with Crippen molar-refractivity contribution < 1.29 is 16.8 Å². The molecule has 0 amide bonds. The van der Waals surface area contributed by atoms with Crippen LogP contribution in [0.3, 0.4) is 0 Å². The van der Waals surface area contributed by atoms with Gasteiger partial charge in [-0.3, -0.25) is 0 Å². The molecule has 0 aromatic heterocycles. The third kappa shape index (κ3) is 2.99. The first-order valence-electron chi connectivity index (χ1n) is 6.28. The molecule has 8 heteroatoms. The summed E-state index contributed by atoms with van der Waals surface area (Å²) >= 11 is 0. The smallest absolute Gasteiger partial charge is 0.239 e. The number of primary sulfonamides is 1. The molecule has 2 rings (SSSR count). The number of benzene rings is 2. The summed E-state index contributed by atoms with van der Waals surface area (Å²) in [6.45, 7) is 3.27. The Morgan fingerprint density at radius 2 is 1.45 bits per heavy atom. The summed E-state index contributed by atoms with van der Waals surface area (Å²) in [6.07, 6.45) is 0. The molecule has 0 saturated carbocycles. The average molecular weight is 340 g/mol. The number of aryl methyl sites for hydroxylation is 2. The number of nitrogens with two attached hydrogens (primary N) is 2. The van der Waals surface area contributed by atoms with Crippen molar-refractivity contribution in [1.82, 2.24) is 0 Å². The SMILES string of the molecule is Cc1ccc(S(N)(=O)=O)c(S(=O)(=O)c2cc(N)ccc2C)c1. The summed E-state index contributed by atoms with van der Waals surface area (Å²) < 4.78 is 49.1. The third-order valence-corrected chi connectivity index (χ3v) is 6.23. The van der Waals surface area contributed by atoms with Gasteiger partial charge in [0.15, 0.2) is 0 Å². The fourth-order valence-electron chi connectivity index (χ4n) is 2.09. The van der Waals surface area contributed by atoms with Crippen LogP contribution >= 0.6 is 0 Å². The van der Waals surface area contributed by atoms with Gasteiger partial charge in [-0.05, 0) is 49.2 Å². The molecular weight excluding hydrogens is 324 g/mol. The number of hydrogen-bond donors (Lipinski definition) is 2. The Morgan fingerprint density at radius 1 is 0.818 bits per heavy atom. The van der Waals surface area contributed by atoms with E-state index in [1.807, 2.05) is 0 Å². The quantitative estimate of drug-likeness (QED) is 0.817. The molecule has 2 aromatic rings. The zero-order valence-corrected chi connectivity index (χ0v) is 13.7. The predicted molar refractivity (Wildman–Crippen MR) is 83.6 cm³/mol. The van der Waals surface area contributed by atoms with Crippen LogP contribution in [-0.4, -0.2) is 16.8 Å². The molecule has 0 aliphatic carbocycles. The Morgan fingerprint density at radius 3 is 2.05 bits per heavy atom. The first-order valence-corrected chi connectivity index (χ1v) is 9.31. The fraction of sp³-hybridized carbons (Fsp3) is 0.143. The molecule has 0 saturated heterocycles. The first kappa shape index (κ1) is 16.5. The van der Waals surface area contributed by atoms with E-state index in [2.05, 4.69) is 0 Å². The summed E-state index contributed by atoms with van der Waals surface area (Å²) in [5.74, 6) is 0. The highest BCUT2D eigenvalue weighted by Crippen LogP contribution is 2.30. The molecule has 2 aromatic carbocycles. The highest BCUT2D eigenvalue weighted by molar-refractivity contribution is 7.93. The third-order valence-electron chi connectivity index (χ3n) is 3.20. The Bertz CT molecular complexity index is 949. The van der Waals surface area contributed by atoms with Gasteiger partial charge in [0.05, 0.1) is 9.79 Å². The molecule has 0 unspecified atom stereocenters. The zero-order chi connectivity index (χ0) is 16.7. The molecule has 0 radical (unpaired) electrons. The van der Waals surface area contributed by atoms with E-state index in [4.69, 9.17) is 10.9 Å². The molecule has 0 fully saturated rings. The Labute approximate surface area is 129 Å². The molecule has 0 bridgehead atoms. The van der Waals surface area contributed by atoms with Crippen molar-refractivity contribution in [3.8, 4) is 0 Å². The maximum atomic E-state index is 12.9. The van der Waals surface area contributed by atoms with Crippen LogP contribution in [0.15, 0.2) is 51.1 Å². The lowest BCUT2D eigenvalue weighted by Crippen LogP contribution is -2.17.